The van der Waals surface area contributed by atoms with E-state index in [-0.39, 0.29) is 19.4 Å². The molecular weight excluding hydrogens is 591 g/mol. The largest absolute Gasteiger partial charge is 0.480 e. The van der Waals surface area contributed by atoms with Crippen molar-refractivity contribution < 1.29 is 33.7 Å². The van der Waals surface area contributed by atoms with Crippen LogP contribution in [0.4, 0.5) is 4.79 Å². The first-order valence-electron chi connectivity index (χ1n) is 14.6. The van der Waals surface area contributed by atoms with Crippen molar-refractivity contribution in [2.45, 2.75) is 38.2 Å². The van der Waals surface area contributed by atoms with Gasteiger partial charge in [-0.15, -0.1) is 0 Å². The Morgan fingerprint density at radius 1 is 0.711 bits per heavy atom. The van der Waals surface area contributed by atoms with E-state index >= 15 is 0 Å². The summed E-state index contributed by atoms with van der Waals surface area (Å²) in [6, 6.07) is 33.9. The van der Waals surface area contributed by atoms with Crippen molar-refractivity contribution in [1.29, 1.82) is 0 Å². The van der Waals surface area contributed by atoms with E-state index in [1.165, 1.54) is 6.92 Å². The zero-order valence-corrected chi connectivity index (χ0v) is 25.8. The van der Waals surface area contributed by atoms with Crippen LogP contribution in [-0.2, 0) is 38.3 Å². The van der Waals surface area contributed by atoms with Crippen molar-refractivity contribution in [3.05, 3.63) is 132 Å². The fourth-order valence-corrected chi connectivity index (χ4v) is 6.39. The van der Waals surface area contributed by atoms with E-state index in [4.69, 9.17) is 4.74 Å². The van der Waals surface area contributed by atoms with Gasteiger partial charge >= 0.3 is 12.1 Å². The number of alkyl carbamates (subject to hydrolysis) is 1. The maximum absolute atomic E-state index is 13.6. The predicted molar refractivity (Wildman–Crippen MR) is 173 cm³/mol. The van der Waals surface area contributed by atoms with E-state index < -0.39 is 49.2 Å². The second-order valence-corrected chi connectivity index (χ2v) is 13.5. The number of carboxylic acids is 1. The van der Waals surface area contributed by atoms with Crippen molar-refractivity contribution in [3.8, 4) is 11.1 Å². The van der Waals surface area contributed by atoms with Gasteiger partial charge in [0.25, 0.3) is 0 Å². The molecular formula is C35H37N2O7P. The Bertz CT molecular complexity index is 1600. The van der Waals surface area contributed by atoms with Crippen LogP contribution in [0.1, 0.15) is 23.6 Å². The Hall–Kier alpha value is -4.72. The number of rotatable bonds is 14. The lowest BCUT2D eigenvalue weighted by molar-refractivity contribution is -0.142. The maximum atomic E-state index is 13.6. The molecule has 0 aliphatic heterocycles. The van der Waals surface area contributed by atoms with Crippen molar-refractivity contribution >= 4 is 25.3 Å². The molecule has 45 heavy (non-hydrogen) atoms. The third-order valence-electron chi connectivity index (χ3n) is 7.44. The molecule has 0 heterocycles. The summed E-state index contributed by atoms with van der Waals surface area (Å²) in [6.07, 6.45) is -1.24. The summed E-state index contributed by atoms with van der Waals surface area (Å²) in [6.45, 7) is 1.36. The number of carbonyl (C=O) groups is 3. The van der Waals surface area contributed by atoms with Gasteiger partial charge in [-0.3, -0.25) is 9.36 Å². The molecule has 0 aromatic heterocycles. The van der Waals surface area contributed by atoms with E-state index in [2.05, 4.69) is 10.6 Å². The highest BCUT2D eigenvalue weighted by molar-refractivity contribution is 7.58. The van der Waals surface area contributed by atoms with Crippen LogP contribution in [-0.4, -0.2) is 46.0 Å². The van der Waals surface area contributed by atoms with E-state index in [1.54, 1.807) is 48.5 Å². The first-order chi connectivity index (χ1) is 21.6. The Labute approximate surface area is 262 Å². The average molecular weight is 629 g/mol. The number of aliphatic carboxylic acids is 1. The van der Waals surface area contributed by atoms with Crippen LogP contribution in [0.2, 0.25) is 0 Å². The number of nitrogens with one attached hydrogen (secondary N) is 2. The van der Waals surface area contributed by atoms with Gasteiger partial charge in [-0.2, -0.15) is 0 Å². The Balaban J connectivity index is 1.49. The molecule has 4 N–H and O–H groups in total. The molecule has 0 aliphatic carbocycles. The van der Waals surface area contributed by atoms with Crippen LogP contribution in [0.15, 0.2) is 115 Å². The summed E-state index contributed by atoms with van der Waals surface area (Å²) in [4.78, 5) is 49.2. The van der Waals surface area contributed by atoms with Gasteiger partial charge < -0.3 is 25.4 Å². The smallest absolute Gasteiger partial charge is 0.408 e. The molecule has 10 heteroatoms. The summed E-state index contributed by atoms with van der Waals surface area (Å²) >= 11 is 0. The number of carbonyl (C=O) groups excluding carboxylic acids is 2. The van der Waals surface area contributed by atoms with Crippen LogP contribution in [0.3, 0.4) is 0 Å². The Morgan fingerprint density at radius 2 is 1.22 bits per heavy atom. The maximum Gasteiger partial charge on any atom is 0.408 e. The van der Waals surface area contributed by atoms with E-state index in [9.17, 15) is 28.9 Å². The average Bonchev–Trinajstić information content (AvgIpc) is 3.04. The lowest BCUT2D eigenvalue weighted by Crippen LogP contribution is -2.46. The molecule has 4 atom stereocenters. The fourth-order valence-electron chi connectivity index (χ4n) is 4.84. The summed E-state index contributed by atoms with van der Waals surface area (Å²) in [5, 5.41) is 14.9. The first kappa shape index (κ1) is 33.2. The molecule has 0 radical (unpaired) electrons. The number of hydrogen-bond donors (Lipinski definition) is 4. The second-order valence-electron chi connectivity index (χ2n) is 10.9. The lowest BCUT2D eigenvalue weighted by atomic mass is 9.97. The number of amides is 2. The van der Waals surface area contributed by atoms with Gasteiger partial charge in [-0.25, -0.2) is 9.59 Å². The van der Waals surface area contributed by atoms with Crippen LogP contribution in [0.5, 0.6) is 0 Å². The number of benzene rings is 4. The van der Waals surface area contributed by atoms with Crippen LogP contribution in [0, 0.1) is 5.92 Å². The second kappa shape index (κ2) is 15.8. The Morgan fingerprint density at radius 3 is 1.80 bits per heavy atom. The topological polar surface area (TPSA) is 142 Å². The normalized spacial score (nSPS) is 14.3. The molecule has 2 amide bonds. The molecule has 4 rings (SSSR count). The molecule has 4 aromatic carbocycles. The van der Waals surface area contributed by atoms with Gasteiger partial charge in [0.05, 0.1) is 5.92 Å². The molecule has 0 aliphatic rings. The van der Waals surface area contributed by atoms with Crippen molar-refractivity contribution in [1.82, 2.24) is 10.6 Å². The molecule has 2 unspecified atom stereocenters. The van der Waals surface area contributed by atoms with Crippen LogP contribution < -0.4 is 10.6 Å². The summed E-state index contributed by atoms with van der Waals surface area (Å²) in [5.74, 6) is -4.18. The number of hydrogen-bond acceptors (Lipinski definition) is 5. The quantitative estimate of drug-likeness (QED) is 0.128. The van der Waals surface area contributed by atoms with Gasteiger partial charge in [-0.1, -0.05) is 115 Å². The third-order valence-corrected chi connectivity index (χ3v) is 9.74. The molecule has 0 spiro atoms. The highest BCUT2D eigenvalue weighted by Crippen LogP contribution is 2.47. The Kier molecular flexibility index (Phi) is 11.7. The molecule has 0 fully saturated rings. The zero-order chi connectivity index (χ0) is 32.2. The molecule has 0 saturated heterocycles. The molecule has 4 aromatic rings. The molecule has 234 valence electrons. The fraction of sp³-hybridized carbons (Fsp3) is 0.229. The first-order valence-corrected chi connectivity index (χ1v) is 16.5. The minimum absolute atomic E-state index is 0.0167. The van der Waals surface area contributed by atoms with Gasteiger partial charge in [0.2, 0.25) is 13.3 Å². The van der Waals surface area contributed by atoms with Gasteiger partial charge in [-0.05, 0) is 41.2 Å². The highest BCUT2D eigenvalue weighted by atomic mass is 31.2. The molecule has 0 saturated carbocycles. The van der Waals surface area contributed by atoms with Crippen molar-refractivity contribution in [2.75, 3.05) is 6.16 Å². The van der Waals surface area contributed by atoms with Crippen molar-refractivity contribution in [3.63, 3.8) is 0 Å². The van der Waals surface area contributed by atoms with Gasteiger partial charge in [0, 0.05) is 12.6 Å². The summed E-state index contributed by atoms with van der Waals surface area (Å²) in [5.41, 5.74) is 4.19. The molecule has 9 nitrogen and oxygen atoms in total. The van der Waals surface area contributed by atoms with Gasteiger partial charge in [0.15, 0.2) is 0 Å². The van der Waals surface area contributed by atoms with Crippen LogP contribution >= 0.6 is 7.37 Å². The SMILES string of the molecule is C[C@H](NC(=O)OCc1ccccc1)P(=O)(O)CC(Cc1ccc(-c2ccccc2)cc1)C(=O)N[C@@H](Cc1ccccc1)C(=O)O. The standard InChI is InChI=1S/C35H37N2O7P/c1-25(36-35(41)44-23-28-13-7-3-8-14-28)45(42,43)24-31(21-27-17-19-30(20-18-27)29-15-9-4-10-16-29)33(38)37-32(34(39)40)22-26-11-5-2-6-12-26/h2-20,25,31-32H,21-24H2,1H3,(H,36,41)(H,37,38)(H,39,40)(H,42,43)/t25-,31?,32+/m1/s1. The van der Waals surface area contributed by atoms with E-state index in [0.717, 1.165) is 27.8 Å². The molecule has 0 bridgehead atoms. The van der Waals surface area contributed by atoms with E-state index in [0.29, 0.717) is 0 Å². The highest BCUT2D eigenvalue weighted by Gasteiger charge is 2.36. The lowest BCUT2D eigenvalue weighted by Gasteiger charge is -2.26. The minimum Gasteiger partial charge on any atom is -0.480 e. The summed E-state index contributed by atoms with van der Waals surface area (Å²) < 4.78 is 18.8. The van der Waals surface area contributed by atoms with Gasteiger partial charge in [0.1, 0.15) is 18.4 Å². The third kappa shape index (κ3) is 10.2. The zero-order valence-electron chi connectivity index (χ0n) is 24.9. The monoisotopic (exact) mass is 628 g/mol. The minimum atomic E-state index is -4.19. The number of ether oxygens (including phenoxy) is 1. The van der Waals surface area contributed by atoms with Crippen LogP contribution in [0.25, 0.3) is 11.1 Å². The van der Waals surface area contributed by atoms with Crippen molar-refractivity contribution in [2.24, 2.45) is 5.92 Å². The summed E-state index contributed by atoms with van der Waals surface area (Å²) in [7, 11) is -4.19. The van der Waals surface area contributed by atoms with E-state index in [1.807, 2.05) is 66.7 Å². The number of carboxylic acid groups (broad SMARTS) is 1. The predicted octanol–water partition coefficient (Wildman–Crippen LogP) is 5.87.